The quantitative estimate of drug-likeness (QED) is 0.337. The van der Waals surface area contributed by atoms with Gasteiger partial charge in [0, 0.05) is 0 Å². The monoisotopic (exact) mass is 289 g/mol. The number of alkyl halides is 1. The van der Waals surface area contributed by atoms with E-state index in [1.54, 1.807) is 0 Å². The Balaban J connectivity index is 2.63. The van der Waals surface area contributed by atoms with E-state index >= 15 is 0 Å². The van der Waals surface area contributed by atoms with Gasteiger partial charge in [0.05, 0.1) is 18.8 Å². The van der Waals surface area contributed by atoms with Gasteiger partial charge in [-0.15, -0.1) is 0 Å². The fourth-order valence-corrected chi connectivity index (χ4v) is 1.91. The molecule has 72 valence electrons. The van der Waals surface area contributed by atoms with Gasteiger partial charge in [-0.3, -0.25) is 0 Å². The van der Waals surface area contributed by atoms with Crippen molar-refractivity contribution < 1.29 is 20.1 Å². The second-order valence-corrected chi connectivity index (χ2v) is 3.99. The Kier molecular flexibility index (Phi) is 3.68. The normalized spacial score (nSPS) is 49.2. The standard InChI is InChI=1S/C6H12INO4/c7-6-5(11)4(10)3(8)2(1-9)12-6/h2-6,9-11H,1,8H2/t2?,3-,4?,5?,6-/m1/s1. The molecule has 1 rings (SSSR count). The molecule has 0 amide bonds. The van der Waals surface area contributed by atoms with E-state index in [0.29, 0.717) is 0 Å². The smallest absolute Gasteiger partial charge is 0.137 e. The number of aliphatic hydroxyl groups excluding tert-OH is 3. The first-order valence-corrected chi connectivity index (χ1v) is 4.84. The third kappa shape index (κ3) is 1.88. The van der Waals surface area contributed by atoms with E-state index < -0.39 is 28.5 Å². The third-order valence-corrected chi connectivity index (χ3v) is 2.96. The molecular formula is C6H12INO4. The van der Waals surface area contributed by atoms with Gasteiger partial charge in [0.1, 0.15) is 16.3 Å². The number of halogens is 1. The lowest BCUT2D eigenvalue weighted by Gasteiger charge is -2.38. The minimum atomic E-state index is -1.03. The highest BCUT2D eigenvalue weighted by Crippen LogP contribution is 2.23. The van der Waals surface area contributed by atoms with Crippen LogP contribution in [0.25, 0.3) is 0 Å². The summed E-state index contributed by atoms with van der Waals surface area (Å²) in [6.07, 6.45) is -2.61. The maximum atomic E-state index is 9.35. The van der Waals surface area contributed by atoms with Crippen LogP contribution in [-0.4, -0.2) is 50.4 Å². The van der Waals surface area contributed by atoms with Gasteiger partial charge >= 0.3 is 0 Å². The Bertz CT molecular complexity index is 154. The van der Waals surface area contributed by atoms with Gasteiger partial charge in [-0.25, -0.2) is 0 Å². The van der Waals surface area contributed by atoms with Crippen LogP contribution in [0.1, 0.15) is 0 Å². The Morgan fingerprint density at radius 3 is 2.42 bits per heavy atom. The van der Waals surface area contributed by atoms with Crippen LogP contribution in [0.4, 0.5) is 0 Å². The zero-order valence-electron chi connectivity index (χ0n) is 6.30. The lowest BCUT2D eigenvalue weighted by atomic mass is 9.99. The lowest BCUT2D eigenvalue weighted by Crippen LogP contribution is -2.60. The largest absolute Gasteiger partial charge is 0.394 e. The Hall–Kier alpha value is 0.530. The Morgan fingerprint density at radius 2 is 1.92 bits per heavy atom. The number of ether oxygens (including phenoxy) is 1. The number of rotatable bonds is 1. The molecule has 0 bridgehead atoms. The SMILES string of the molecule is N[C@@H]1C(CO)O[C@@H](I)C(O)C1O. The van der Waals surface area contributed by atoms with Crippen LogP contribution in [-0.2, 0) is 4.74 Å². The van der Waals surface area contributed by atoms with Crippen molar-refractivity contribution in [2.24, 2.45) is 5.73 Å². The number of hydrogen-bond donors (Lipinski definition) is 4. The second kappa shape index (κ2) is 4.16. The molecule has 5 N–H and O–H groups in total. The number of nitrogens with two attached hydrogens (primary N) is 1. The molecule has 3 unspecified atom stereocenters. The summed E-state index contributed by atoms with van der Waals surface area (Å²) in [6, 6.07) is -0.726. The molecule has 0 spiro atoms. The highest BCUT2D eigenvalue weighted by molar-refractivity contribution is 14.1. The van der Waals surface area contributed by atoms with E-state index in [0.717, 1.165) is 0 Å². The molecule has 5 atom stereocenters. The van der Waals surface area contributed by atoms with Gasteiger partial charge in [-0.1, -0.05) is 0 Å². The van der Waals surface area contributed by atoms with Crippen molar-refractivity contribution >= 4 is 22.6 Å². The molecule has 1 fully saturated rings. The average molecular weight is 289 g/mol. The number of hydrogen-bond acceptors (Lipinski definition) is 5. The molecule has 0 aromatic carbocycles. The van der Waals surface area contributed by atoms with Gasteiger partial charge < -0.3 is 25.8 Å². The van der Waals surface area contributed by atoms with Crippen LogP contribution < -0.4 is 5.73 Å². The molecule has 0 saturated carbocycles. The summed E-state index contributed by atoms with van der Waals surface area (Å²) >= 11 is 1.85. The van der Waals surface area contributed by atoms with Crippen molar-refractivity contribution in [3.05, 3.63) is 0 Å². The summed E-state index contributed by atoms with van der Waals surface area (Å²) in [7, 11) is 0. The van der Waals surface area contributed by atoms with E-state index in [9.17, 15) is 10.2 Å². The molecule has 5 nitrogen and oxygen atoms in total. The summed E-state index contributed by atoms with van der Waals surface area (Å²) in [4.78, 5) is 0. The highest BCUT2D eigenvalue weighted by atomic mass is 127. The fourth-order valence-electron chi connectivity index (χ4n) is 1.11. The fraction of sp³-hybridized carbons (Fsp3) is 1.00. The summed E-state index contributed by atoms with van der Waals surface area (Å²) in [6.45, 7) is -0.246. The first-order chi connectivity index (χ1) is 5.57. The van der Waals surface area contributed by atoms with Crippen LogP contribution in [0.15, 0.2) is 0 Å². The van der Waals surface area contributed by atoms with Crippen molar-refractivity contribution in [2.75, 3.05) is 6.61 Å². The molecule has 1 aliphatic heterocycles. The van der Waals surface area contributed by atoms with Crippen molar-refractivity contribution in [3.63, 3.8) is 0 Å². The van der Waals surface area contributed by atoms with Gasteiger partial charge in [-0.05, 0) is 22.6 Å². The summed E-state index contributed by atoms with van der Waals surface area (Å²) in [5.41, 5.74) is 5.49. The predicted octanol–water partition coefficient (Wildman–Crippen LogP) is -1.81. The Morgan fingerprint density at radius 1 is 1.33 bits per heavy atom. The van der Waals surface area contributed by atoms with Crippen LogP contribution in [0.5, 0.6) is 0 Å². The first kappa shape index (κ1) is 10.6. The van der Waals surface area contributed by atoms with Gasteiger partial charge in [-0.2, -0.15) is 0 Å². The maximum Gasteiger partial charge on any atom is 0.137 e. The summed E-state index contributed by atoms with van der Waals surface area (Å²) < 4.78 is 4.61. The van der Waals surface area contributed by atoms with Crippen molar-refractivity contribution in [1.82, 2.24) is 0 Å². The maximum absolute atomic E-state index is 9.35. The van der Waals surface area contributed by atoms with Crippen LogP contribution >= 0.6 is 22.6 Å². The van der Waals surface area contributed by atoms with E-state index in [2.05, 4.69) is 0 Å². The molecule has 1 heterocycles. The minimum absolute atomic E-state index is 0.246. The van der Waals surface area contributed by atoms with Crippen LogP contribution in [0.2, 0.25) is 0 Å². The van der Waals surface area contributed by atoms with Crippen molar-refractivity contribution in [2.45, 2.75) is 28.5 Å². The van der Waals surface area contributed by atoms with Gasteiger partial charge in [0.2, 0.25) is 0 Å². The van der Waals surface area contributed by atoms with E-state index in [1.807, 2.05) is 22.6 Å². The number of aliphatic hydroxyl groups is 3. The molecule has 1 aliphatic rings. The average Bonchev–Trinajstić information content (AvgIpc) is 2.08. The molecule has 1 saturated heterocycles. The summed E-state index contributed by atoms with van der Waals surface area (Å²) in [5.74, 6) is 0. The van der Waals surface area contributed by atoms with Crippen LogP contribution in [0, 0.1) is 0 Å². The zero-order valence-corrected chi connectivity index (χ0v) is 8.46. The molecule has 0 aromatic heterocycles. The third-order valence-electron chi connectivity index (χ3n) is 1.93. The predicted molar refractivity (Wildman–Crippen MR) is 49.8 cm³/mol. The van der Waals surface area contributed by atoms with Gasteiger partial charge in [0.15, 0.2) is 0 Å². The molecule has 0 aliphatic carbocycles. The molecule has 6 heteroatoms. The highest BCUT2D eigenvalue weighted by Gasteiger charge is 2.40. The first-order valence-electron chi connectivity index (χ1n) is 3.60. The van der Waals surface area contributed by atoms with E-state index in [4.69, 9.17) is 15.6 Å². The topological polar surface area (TPSA) is 95.9 Å². The summed E-state index contributed by atoms with van der Waals surface area (Å²) in [5, 5.41) is 27.4. The zero-order chi connectivity index (χ0) is 9.30. The van der Waals surface area contributed by atoms with Crippen molar-refractivity contribution in [1.29, 1.82) is 0 Å². The van der Waals surface area contributed by atoms with E-state index in [-0.39, 0.29) is 6.61 Å². The van der Waals surface area contributed by atoms with E-state index in [1.165, 1.54) is 0 Å². The molecule has 0 radical (unpaired) electrons. The molecular weight excluding hydrogens is 277 g/mol. The van der Waals surface area contributed by atoms with Crippen molar-refractivity contribution in [3.8, 4) is 0 Å². The van der Waals surface area contributed by atoms with Crippen LogP contribution in [0.3, 0.4) is 0 Å². The lowest BCUT2D eigenvalue weighted by molar-refractivity contribution is -0.150. The second-order valence-electron chi connectivity index (χ2n) is 2.77. The Labute approximate surface area is 83.7 Å². The van der Waals surface area contributed by atoms with Gasteiger partial charge in [0.25, 0.3) is 0 Å². The molecule has 12 heavy (non-hydrogen) atoms. The minimum Gasteiger partial charge on any atom is -0.394 e. The molecule has 0 aromatic rings.